The van der Waals surface area contributed by atoms with Crippen LogP contribution in [0.25, 0.3) is 0 Å². The standard InChI is InChI=1S/C15H23N3O2/c16-15(20)17-7-3-6-13(10-17)14(19)18-8-11-4-1-2-5-12(11)9-18/h1-2,11-13H,3-10H2,(H2,16,20)/t11-,12+,13?. The molecular weight excluding hydrogens is 254 g/mol. The van der Waals surface area contributed by atoms with Gasteiger partial charge >= 0.3 is 6.03 Å². The summed E-state index contributed by atoms with van der Waals surface area (Å²) in [6.07, 6.45) is 8.45. The fraction of sp³-hybridized carbons (Fsp3) is 0.733. The number of fused-ring (bicyclic) bond motifs is 1. The second-order valence-corrected chi connectivity index (χ2v) is 6.33. The number of likely N-dealkylation sites (tertiary alicyclic amines) is 2. The van der Waals surface area contributed by atoms with Crippen LogP contribution in [-0.2, 0) is 4.79 Å². The van der Waals surface area contributed by atoms with E-state index in [1.165, 1.54) is 0 Å². The van der Waals surface area contributed by atoms with Crippen LogP contribution >= 0.6 is 0 Å². The third-order valence-electron chi connectivity index (χ3n) is 5.01. The molecule has 0 aromatic heterocycles. The van der Waals surface area contributed by atoms with Crippen LogP contribution in [0.2, 0.25) is 0 Å². The molecule has 1 aliphatic carbocycles. The van der Waals surface area contributed by atoms with Crippen LogP contribution in [0.4, 0.5) is 4.79 Å². The number of nitrogens with two attached hydrogens (primary N) is 1. The quantitative estimate of drug-likeness (QED) is 0.732. The Labute approximate surface area is 119 Å². The molecule has 0 bridgehead atoms. The number of carbonyl (C=O) groups excluding carboxylic acids is 2. The first kappa shape index (κ1) is 13.5. The van der Waals surface area contributed by atoms with Crippen molar-refractivity contribution in [3.05, 3.63) is 12.2 Å². The number of amides is 3. The second-order valence-electron chi connectivity index (χ2n) is 6.33. The van der Waals surface area contributed by atoms with E-state index in [2.05, 4.69) is 12.2 Å². The molecule has 2 fully saturated rings. The molecule has 2 saturated heterocycles. The van der Waals surface area contributed by atoms with Crippen LogP contribution in [0.3, 0.4) is 0 Å². The molecule has 1 unspecified atom stereocenters. The highest BCUT2D eigenvalue weighted by atomic mass is 16.2. The molecule has 0 aromatic carbocycles. The number of carbonyl (C=O) groups is 2. The third-order valence-corrected chi connectivity index (χ3v) is 5.01. The highest BCUT2D eigenvalue weighted by Gasteiger charge is 2.38. The van der Waals surface area contributed by atoms with Gasteiger partial charge in [-0.1, -0.05) is 12.2 Å². The predicted octanol–water partition coefficient (Wildman–Crippen LogP) is 1.20. The smallest absolute Gasteiger partial charge is 0.314 e. The number of allylic oxidation sites excluding steroid dienone is 2. The van der Waals surface area contributed by atoms with Crippen molar-refractivity contribution in [3.63, 3.8) is 0 Å². The van der Waals surface area contributed by atoms with Gasteiger partial charge in [-0.25, -0.2) is 4.79 Å². The van der Waals surface area contributed by atoms with Gasteiger partial charge < -0.3 is 15.5 Å². The maximum atomic E-state index is 12.6. The molecule has 20 heavy (non-hydrogen) atoms. The summed E-state index contributed by atoms with van der Waals surface area (Å²) in [6, 6.07) is -0.401. The van der Waals surface area contributed by atoms with E-state index >= 15 is 0 Å². The highest BCUT2D eigenvalue weighted by molar-refractivity contribution is 5.81. The lowest BCUT2D eigenvalue weighted by Crippen LogP contribution is -2.48. The predicted molar refractivity (Wildman–Crippen MR) is 75.8 cm³/mol. The van der Waals surface area contributed by atoms with E-state index in [0.717, 1.165) is 38.8 Å². The number of nitrogens with zero attached hydrogens (tertiary/aromatic N) is 2. The van der Waals surface area contributed by atoms with E-state index in [0.29, 0.717) is 24.9 Å². The fourth-order valence-electron chi connectivity index (χ4n) is 3.83. The zero-order valence-corrected chi connectivity index (χ0v) is 11.8. The summed E-state index contributed by atoms with van der Waals surface area (Å²) < 4.78 is 0. The minimum atomic E-state index is -0.401. The maximum absolute atomic E-state index is 12.6. The Balaban J connectivity index is 1.60. The first-order chi connectivity index (χ1) is 9.65. The van der Waals surface area contributed by atoms with Crippen molar-refractivity contribution in [1.82, 2.24) is 9.80 Å². The lowest BCUT2D eigenvalue weighted by atomic mass is 9.86. The lowest BCUT2D eigenvalue weighted by Gasteiger charge is -2.33. The van der Waals surface area contributed by atoms with E-state index in [-0.39, 0.29) is 11.8 Å². The minimum absolute atomic E-state index is 0.0515. The van der Waals surface area contributed by atoms with Gasteiger partial charge in [-0.2, -0.15) is 0 Å². The molecule has 0 saturated carbocycles. The average molecular weight is 277 g/mol. The molecule has 3 aliphatic rings. The van der Waals surface area contributed by atoms with Gasteiger partial charge in [0.2, 0.25) is 5.91 Å². The molecule has 3 atom stereocenters. The van der Waals surface area contributed by atoms with Crippen LogP contribution in [0.1, 0.15) is 25.7 Å². The SMILES string of the molecule is NC(=O)N1CCCC(C(=O)N2C[C@H]3CC=CC[C@H]3C2)C1. The summed E-state index contributed by atoms with van der Waals surface area (Å²) in [4.78, 5) is 27.5. The molecule has 0 spiro atoms. The summed E-state index contributed by atoms with van der Waals surface area (Å²) in [5, 5.41) is 0. The van der Waals surface area contributed by atoms with Crippen LogP contribution in [-0.4, -0.2) is 47.9 Å². The van der Waals surface area contributed by atoms with E-state index in [1.54, 1.807) is 4.90 Å². The normalized spacial score (nSPS) is 33.1. The van der Waals surface area contributed by atoms with Gasteiger partial charge in [0.1, 0.15) is 0 Å². The fourth-order valence-corrected chi connectivity index (χ4v) is 3.83. The number of urea groups is 1. The van der Waals surface area contributed by atoms with E-state index in [9.17, 15) is 9.59 Å². The van der Waals surface area contributed by atoms with Gasteiger partial charge in [-0.15, -0.1) is 0 Å². The van der Waals surface area contributed by atoms with Crippen LogP contribution in [0.5, 0.6) is 0 Å². The van der Waals surface area contributed by atoms with Gasteiger partial charge in [0.05, 0.1) is 5.92 Å². The summed E-state index contributed by atoms with van der Waals surface area (Å²) in [5.41, 5.74) is 5.33. The number of primary amides is 1. The largest absolute Gasteiger partial charge is 0.351 e. The molecule has 2 aliphatic heterocycles. The molecule has 0 aromatic rings. The Morgan fingerprint density at radius 1 is 1.00 bits per heavy atom. The third kappa shape index (κ3) is 2.53. The highest BCUT2D eigenvalue weighted by Crippen LogP contribution is 2.34. The topological polar surface area (TPSA) is 66.6 Å². The Kier molecular flexibility index (Phi) is 3.68. The van der Waals surface area contributed by atoms with Crippen molar-refractivity contribution in [2.75, 3.05) is 26.2 Å². The van der Waals surface area contributed by atoms with E-state index in [4.69, 9.17) is 5.73 Å². The van der Waals surface area contributed by atoms with Crippen molar-refractivity contribution < 1.29 is 9.59 Å². The number of rotatable bonds is 1. The number of piperidine rings is 1. The molecule has 0 radical (unpaired) electrons. The lowest BCUT2D eigenvalue weighted by molar-refractivity contribution is -0.136. The Bertz CT molecular complexity index is 419. The van der Waals surface area contributed by atoms with Gasteiger partial charge in [0.15, 0.2) is 0 Å². The summed E-state index contributed by atoms with van der Waals surface area (Å²) in [6.45, 7) is 2.97. The zero-order valence-electron chi connectivity index (χ0n) is 11.8. The summed E-state index contributed by atoms with van der Waals surface area (Å²) in [5.74, 6) is 1.45. The summed E-state index contributed by atoms with van der Waals surface area (Å²) in [7, 11) is 0. The van der Waals surface area contributed by atoms with Gasteiger partial charge in [-0.05, 0) is 37.5 Å². The molecule has 2 N–H and O–H groups in total. The van der Waals surface area contributed by atoms with Gasteiger partial charge in [0, 0.05) is 26.2 Å². The first-order valence-corrected chi connectivity index (χ1v) is 7.63. The van der Waals surface area contributed by atoms with Crippen molar-refractivity contribution >= 4 is 11.9 Å². The molecule has 3 rings (SSSR count). The van der Waals surface area contributed by atoms with Crippen LogP contribution < -0.4 is 5.73 Å². The van der Waals surface area contributed by atoms with Gasteiger partial charge in [-0.3, -0.25) is 4.79 Å². The van der Waals surface area contributed by atoms with Crippen molar-refractivity contribution in [1.29, 1.82) is 0 Å². The van der Waals surface area contributed by atoms with Gasteiger partial charge in [0.25, 0.3) is 0 Å². The average Bonchev–Trinajstić information content (AvgIpc) is 2.90. The number of hydrogen-bond acceptors (Lipinski definition) is 2. The van der Waals surface area contributed by atoms with E-state index in [1.807, 2.05) is 4.90 Å². The second kappa shape index (κ2) is 5.46. The minimum Gasteiger partial charge on any atom is -0.351 e. The Morgan fingerprint density at radius 2 is 1.65 bits per heavy atom. The summed E-state index contributed by atoms with van der Waals surface area (Å²) >= 11 is 0. The molecule has 110 valence electrons. The molecule has 5 nitrogen and oxygen atoms in total. The maximum Gasteiger partial charge on any atom is 0.314 e. The van der Waals surface area contributed by atoms with E-state index < -0.39 is 6.03 Å². The molecule has 2 heterocycles. The van der Waals surface area contributed by atoms with Crippen LogP contribution in [0.15, 0.2) is 12.2 Å². The van der Waals surface area contributed by atoms with Crippen LogP contribution in [0, 0.1) is 17.8 Å². The number of hydrogen-bond donors (Lipinski definition) is 1. The molecular formula is C15H23N3O2. The Morgan fingerprint density at radius 3 is 2.25 bits per heavy atom. The van der Waals surface area contributed by atoms with Crippen molar-refractivity contribution in [2.45, 2.75) is 25.7 Å². The van der Waals surface area contributed by atoms with Crippen molar-refractivity contribution in [2.24, 2.45) is 23.5 Å². The monoisotopic (exact) mass is 277 g/mol. The molecule has 5 heteroatoms. The first-order valence-electron chi connectivity index (χ1n) is 7.63. The Hall–Kier alpha value is -1.52. The van der Waals surface area contributed by atoms with Crippen molar-refractivity contribution in [3.8, 4) is 0 Å². The molecule has 3 amide bonds. The zero-order chi connectivity index (χ0) is 14.1.